The summed E-state index contributed by atoms with van der Waals surface area (Å²) < 4.78 is 17.8. The third kappa shape index (κ3) is 2.53. The molecule has 1 heterocycles. The fraction of sp³-hybridized carbons (Fsp3) is 0.0833. The molecule has 0 aliphatic heterocycles. The lowest BCUT2D eigenvalue weighted by atomic mass is 10.3. The molecule has 0 fully saturated rings. The number of hydrogen-bond donors (Lipinski definition) is 0. The van der Waals surface area contributed by atoms with Gasteiger partial charge in [0.25, 0.3) is 0 Å². The van der Waals surface area contributed by atoms with E-state index in [0.717, 1.165) is 0 Å². The van der Waals surface area contributed by atoms with Gasteiger partial charge in [0.05, 0.1) is 5.69 Å². The van der Waals surface area contributed by atoms with Crippen LogP contribution in [0.3, 0.4) is 0 Å². The van der Waals surface area contributed by atoms with Crippen LogP contribution in [0, 0.1) is 0 Å². The zero-order valence-electron chi connectivity index (χ0n) is 8.06. The monoisotopic (exact) mass is 203 g/mol. The zero-order chi connectivity index (χ0) is 10.5. The van der Waals surface area contributed by atoms with Gasteiger partial charge < -0.3 is 4.74 Å². The normalized spacial score (nSPS) is 9.93. The molecule has 1 aromatic heterocycles. The van der Waals surface area contributed by atoms with Gasteiger partial charge in [0.1, 0.15) is 12.4 Å². The molecule has 0 atom stereocenters. The fourth-order valence-electron chi connectivity index (χ4n) is 1.20. The molecule has 2 aromatic rings. The maximum Gasteiger partial charge on any atom is 0.219 e. The summed E-state index contributed by atoms with van der Waals surface area (Å²) in [5.41, 5.74) is 0.378. The molecule has 15 heavy (non-hydrogen) atoms. The summed E-state index contributed by atoms with van der Waals surface area (Å²) in [6, 6.07) is 14.3. The summed E-state index contributed by atoms with van der Waals surface area (Å²) in [6.07, 6.45) is 0. The van der Waals surface area contributed by atoms with Gasteiger partial charge in [-0.05, 0) is 18.2 Å². The van der Waals surface area contributed by atoms with Crippen molar-refractivity contribution in [3.8, 4) is 11.6 Å². The quantitative estimate of drug-likeness (QED) is 0.763. The molecule has 0 radical (unpaired) electrons. The molecule has 0 aliphatic carbocycles. The molecule has 0 bridgehead atoms. The number of para-hydroxylation sites is 1. The van der Waals surface area contributed by atoms with Crippen molar-refractivity contribution in [2.75, 3.05) is 0 Å². The maximum atomic E-state index is 12.3. The summed E-state index contributed by atoms with van der Waals surface area (Å²) >= 11 is 0. The highest BCUT2D eigenvalue weighted by molar-refractivity contribution is 5.27. The third-order valence-corrected chi connectivity index (χ3v) is 1.88. The number of aromatic nitrogens is 1. The molecule has 1 aromatic carbocycles. The van der Waals surface area contributed by atoms with Crippen LogP contribution < -0.4 is 4.74 Å². The number of hydrogen-bond acceptors (Lipinski definition) is 2. The maximum absolute atomic E-state index is 12.3. The van der Waals surface area contributed by atoms with Gasteiger partial charge in [-0.15, -0.1) is 0 Å². The summed E-state index contributed by atoms with van der Waals surface area (Å²) in [4.78, 5) is 3.99. The molecule has 2 nitrogen and oxygen atoms in total. The van der Waals surface area contributed by atoms with E-state index in [4.69, 9.17) is 4.74 Å². The molecule has 2 rings (SSSR count). The largest absolute Gasteiger partial charge is 0.439 e. The second-order valence-electron chi connectivity index (χ2n) is 3.02. The number of halogens is 1. The van der Waals surface area contributed by atoms with Gasteiger partial charge in [0.15, 0.2) is 0 Å². The van der Waals surface area contributed by atoms with Crippen molar-refractivity contribution in [3.63, 3.8) is 0 Å². The molecule has 0 amide bonds. The van der Waals surface area contributed by atoms with Gasteiger partial charge >= 0.3 is 0 Å². The predicted molar refractivity (Wildman–Crippen MR) is 55.6 cm³/mol. The second kappa shape index (κ2) is 4.55. The SMILES string of the molecule is FCc1cccc(Oc2ccccc2)n1. The van der Waals surface area contributed by atoms with Crippen LogP contribution in [0.5, 0.6) is 11.6 Å². The Labute approximate surface area is 87.4 Å². The highest BCUT2D eigenvalue weighted by atomic mass is 19.1. The van der Waals surface area contributed by atoms with Crippen molar-refractivity contribution in [2.24, 2.45) is 0 Å². The van der Waals surface area contributed by atoms with Crippen molar-refractivity contribution in [1.82, 2.24) is 4.98 Å². The molecular formula is C12H10FNO. The van der Waals surface area contributed by atoms with Crippen molar-refractivity contribution in [2.45, 2.75) is 6.67 Å². The van der Waals surface area contributed by atoms with Crippen molar-refractivity contribution in [1.29, 1.82) is 0 Å². The molecule has 0 saturated carbocycles. The Hall–Kier alpha value is -1.90. The Bertz CT molecular complexity index is 431. The van der Waals surface area contributed by atoms with Crippen molar-refractivity contribution >= 4 is 0 Å². The Morgan fingerprint density at radius 1 is 1.00 bits per heavy atom. The van der Waals surface area contributed by atoms with Crippen LogP contribution >= 0.6 is 0 Å². The van der Waals surface area contributed by atoms with Crippen LogP contribution in [-0.2, 0) is 6.67 Å². The summed E-state index contributed by atoms with van der Waals surface area (Å²) in [7, 11) is 0. The van der Waals surface area contributed by atoms with E-state index in [1.54, 1.807) is 18.2 Å². The molecule has 0 N–H and O–H groups in total. The molecule has 0 spiro atoms. The summed E-state index contributed by atoms with van der Waals surface area (Å²) in [6.45, 7) is -0.577. The first-order valence-corrected chi connectivity index (χ1v) is 4.63. The number of benzene rings is 1. The molecule has 0 unspecified atom stereocenters. The van der Waals surface area contributed by atoms with E-state index in [-0.39, 0.29) is 0 Å². The van der Waals surface area contributed by atoms with Gasteiger partial charge in [-0.3, -0.25) is 0 Å². The standard InChI is InChI=1S/C12H10FNO/c13-9-10-5-4-8-12(14-10)15-11-6-2-1-3-7-11/h1-8H,9H2. The minimum atomic E-state index is -0.577. The molecule has 0 aliphatic rings. The summed E-state index contributed by atoms with van der Waals surface area (Å²) in [5.74, 6) is 1.11. The van der Waals surface area contributed by atoms with E-state index in [1.807, 2.05) is 30.3 Å². The lowest BCUT2D eigenvalue weighted by molar-refractivity contribution is 0.442. The lowest BCUT2D eigenvalue weighted by Gasteiger charge is -2.04. The topological polar surface area (TPSA) is 22.1 Å². The Morgan fingerprint density at radius 3 is 2.53 bits per heavy atom. The predicted octanol–water partition coefficient (Wildman–Crippen LogP) is 3.34. The van der Waals surface area contributed by atoms with E-state index < -0.39 is 6.67 Å². The van der Waals surface area contributed by atoms with Crippen LogP contribution in [-0.4, -0.2) is 4.98 Å². The molecular weight excluding hydrogens is 193 g/mol. The first-order chi connectivity index (χ1) is 7.38. The fourth-order valence-corrected chi connectivity index (χ4v) is 1.20. The number of nitrogens with zero attached hydrogens (tertiary/aromatic N) is 1. The molecule has 76 valence electrons. The second-order valence-corrected chi connectivity index (χ2v) is 3.02. The van der Waals surface area contributed by atoms with E-state index >= 15 is 0 Å². The van der Waals surface area contributed by atoms with E-state index in [0.29, 0.717) is 17.3 Å². The van der Waals surface area contributed by atoms with Gasteiger partial charge in [0.2, 0.25) is 5.88 Å². The van der Waals surface area contributed by atoms with Crippen molar-refractivity contribution in [3.05, 3.63) is 54.2 Å². The number of alkyl halides is 1. The highest BCUT2D eigenvalue weighted by Gasteiger charge is 1.99. The average Bonchev–Trinajstić information content (AvgIpc) is 2.31. The zero-order valence-corrected chi connectivity index (χ0v) is 8.06. The summed E-state index contributed by atoms with van der Waals surface area (Å²) in [5, 5.41) is 0. The lowest BCUT2D eigenvalue weighted by Crippen LogP contribution is -1.90. The van der Waals surface area contributed by atoms with E-state index in [1.165, 1.54) is 0 Å². The number of ether oxygens (including phenoxy) is 1. The van der Waals surface area contributed by atoms with E-state index in [9.17, 15) is 4.39 Å². The Balaban J connectivity index is 2.17. The molecule has 0 saturated heterocycles. The third-order valence-electron chi connectivity index (χ3n) is 1.88. The van der Waals surface area contributed by atoms with Crippen LogP contribution in [0.15, 0.2) is 48.5 Å². The van der Waals surface area contributed by atoms with E-state index in [2.05, 4.69) is 4.98 Å². The van der Waals surface area contributed by atoms with Gasteiger partial charge in [0, 0.05) is 6.07 Å². The number of rotatable bonds is 3. The molecule has 3 heteroatoms. The Morgan fingerprint density at radius 2 is 1.80 bits per heavy atom. The average molecular weight is 203 g/mol. The van der Waals surface area contributed by atoms with Crippen LogP contribution in [0.25, 0.3) is 0 Å². The number of pyridine rings is 1. The van der Waals surface area contributed by atoms with Crippen LogP contribution in [0.4, 0.5) is 4.39 Å². The highest BCUT2D eigenvalue weighted by Crippen LogP contribution is 2.18. The minimum absolute atomic E-state index is 0.378. The van der Waals surface area contributed by atoms with Crippen molar-refractivity contribution < 1.29 is 9.13 Å². The van der Waals surface area contributed by atoms with Gasteiger partial charge in [-0.2, -0.15) is 0 Å². The minimum Gasteiger partial charge on any atom is -0.439 e. The first-order valence-electron chi connectivity index (χ1n) is 4.63. The van der Waals surface area contributed by atoms with Crippen LogP contribution in [0.2, 0.25) is 0 Å². The van der Waals surface area contributed by atoms with Crippen LogP contribution in [0.1, 0.15) is 5.69 Å². The smallest absolute Gasteiger partial charge is 0.219 e. The van der Waals surface area contributed by atoms with Gasteiger partial charge in [-0.1, -0.05) is 24.3 Å². The van der Waals surface area contributed by atoms with Gasteiger partial charge in [-0.25, -0.2) is 9.37 Å². The Kier molecular flexibility index (Phi) is 2.93. The first kappa shape index (κ1) is 9.65.